The van der Waals surface area contributed by atoms with Gasteiger partial charge in [-0.1, -0.05) is 12.1 Å². The van der Waals surface area contributed by atoms with Crippen molar-refractivity contribution in [1.29, 1.82) is 5.26 Å². The number of amides is 1. The van der Waals surface area contributed by atoms with Crippen molar-refractivity contribution in [3.05, 3.63) is 53.0 Å². The Bertz CT molecular complexity index is 823. The van der Waals surface area contributed by atoms with E-state index in [0.29, 0.717) is 18.5 Å². The number of carbonyl (C=O) groups excluding carboxylic acids is 1. The summed E-state index contributed by atoms with van der Waals surface area (Å²) in [6, 6.07) is 9.52. The van der Waals surface area contributed by atoms with Crippen LogP contribution in [0.15, 0.2) is 30.5 Å². The molecule has 2 aliphatic rings. The molecule has 102 valence electrons. The largest absolute Gasteiger partial charge is 0.299 e. The molecular formula is C16H12N4O. The first-order chi connectivity index (χ1) is 10.2. The minimum atomic E-state index is -0.595. The zero-order valence-corrected chi connectivity index (χ0v) is 11.5. The average Bonchev–Trinajstić information content (AvgIpc) is 3.00. The number of rotatable bonds is 0. The van der Waals surface area contributed by atoms with Crippen LogP contribution in [0.25, 0.3) is 0 Å². The number of carbonyl (C=O) groups is 1. The molecule has 1 atom stereocenters. The fraction of sp³-hybridized carbons (Fsp3) is 0.250. The number of aromatic nitrogens is 2. The van der Waals surface area contributed by atoms with Gasteiger partial charge >= 0.3 is 0 Å². The highest BCUT2D eigenvalue weighted by Crippen LogP contribution is 2.47. The Morgan fingerprint density at radius 2 is 2.19 bits per heavy atom. The number of anilines is 1. The smallest absolute Gasteiger partial charge is 0.239 e. The van der Waals surface area contributed by atoms with Gasteiger partial charge in [-0.15, -0.1) is 0 Å². The van der Waals surface area contributed by atoms with E-state index >= 15 is 0 Å². The molecule has 21 heavy (non-hydrogen) atoms. The van der Waals surface area contributed by atoms with Crippen LogP contribution in [0.2, 0.25) is 0 Å². The maximum Gasteiger partial charge on any atom is 0.239 e. The number of pyridine rings is 2. The maximum atomic E-state index is 12.8. The topological polar surface area (TPSA) is 69.9 Å². The predicted molar refractivity (Wildman–Crippen MR) is 75.7 cm³/mol. The molecule has 0 fully saturated rings. The van der Waals surface area contributed by atoms with Crippen LogP contribution in [0.3, 0.4) is 0 Å². The number of likely N-dealkylation sites (N-methyl/N-ethyl adjacent to an activating group) is 1. The van der Waals surface area contributed by atoms with Crippen LogP contribution in [-0.2, 0) is 23.1 Å². The first-order valence-electron chi connectivity index (χ1n) is 6.78. The van der Waals surface area contributed by atoms with Crippen LogP contribution in [0.5, 0.6) is 0 Å². The SMILES string of the molecule is CN1C(=O)C2(Cc3ccc(C#N)nc3C2)c2cccnc21. The summed E-state index contributed by atoms with van der Waals surface area (Å²) >= 11 is 0. The van der Waals surface area contributed by atoms with E-state index in [1.54, 1.807) is 24.2 Å². The molecule has 0 bridgehead atoms. The van der Waals surface area contributed by atoms with Crippen LogP contribution < -0.4 is 4.90 Å². The van der Waals surface area contributed by atoms with E-state index in [4.69, 9.17) is 5.26 Å². The Balaban J connectivity index is 1.88. The van der Waals surface area contributed by atoms with Gasteiger partial charge in [-0.25, -0.2) is 9.97 Å². The van der Waals surface area contributed by atoms with Crippen LogP contribution >= 0.6 is 0 Å². The molecule has 1 aliphatic heterocycles. The zero-order valence-electron chi connectivity index (χ0n) is 11.5. The summed E-state index contributed by atoms with van der Waals surface area (Å²) in [5.41, 5.74) is 2.67. The number of nitriles is 1. The first kappa shape index (κ1) is 12.0. The Morgan fingerprint density at radius 3 is 3.00 bits per heavy atom. The minimum Gasteiger partial charge on any atom is -0.299 e. The van der Waals surface area contributed by atoms with Crippen LogP contribution in [-0.4, -0.2) is 22.9 Å². The van der Waals surface area contributed by atoms with Gasteiger partial charge in [-0.2, -0.15) is 5.26 Å². The van der Waals surface area contributed by atoms with Gasteiger partial charge in [0.1, 0.15) is 17.6 Å². The average molecular weight is 276 g/mol. The monoisotopic (exact) mass is 276 g/mol. The fourth-order valence-electron chi connectivity index (χ4n) is 3.49. The summed E-state index contributed by atoms with van der Waals surface area (Å²) in [5, 5.41) is 8.98. The fourth-order valence-corrected chi connectivity index (χ4v) is 3.49. The Morgan fingerprint density at radius 1 is 1.33 bits per heavy atom. The van der Waals surface area contributed by atoms with E-state index in [1.807, 2.05) is 18.2 Å². The Hall–Kier alpha value is -2.74. The number of hydrogen-bond donors (Lipinski definition) is 0. The van der Waals surface area contributed by atoms with Gasteiger partial charge < -0.3 is 0 Å². The molecule has 2 aromatic rings. The number of fused-ring (bicyclic) bond motifs is 3. The second kappa shape index (κ2) is 3.89. The molecule has 4 rings (SSSR count). The third-order valence-electron chi connectivity index (χ3n) is 4.48. The Kier molecular flexibility index (Phi) is 2.23. The van der Waals surface area contributed by atoms with Crippen molar-refractivity contribution < 1.29 is 4.79 Å². The van der Waals surface area contributed by atoms with E-state index in [0.717, 1.165) is 22.6 Å². The van der Waals surface area contributed by atoms with Gasteiger partial charge in [0.25, 0.3) is 0 Å². The quantitative estimate of drug-likeness (QED) is 0.728. The Labute approximate surface area is 121 Å². The standard InChI is InChI=1S/C16H12N4O/c1-20-14-12(3-2-6-18-14)16(15(20)21)7-10-4-5-11(9-17)19-13(10)8-16/h2-6H,7-8H2,1H3. The number of hydrogen-bond acceptors (Lipinski definition) is 4. The molecule has 5 nitrogen and oxygen atoms in total. The number of nitrogens with zero attached hydrogens (tertiary/aromatic N) is 4. The molecule has 2 aromatic heterocycles. The minimum absolute atomic E-state index is 0.0627. The third-order valence-corrected chi connectivity index (χ3v) is 4.48. The van der Waals surface area contributed by atoms with Crippen molar-refractivity contribution in [2.24, 2.45) is 0 Å². The molecule has 0 saturated carbocycles. The van der Waals surface area contributed by atoms with Gasteiger partial charge in [0.15, 0.2) is 0 Å². The van der Waals surface area contributed by atoms with E-state index in [2.05, 4.69) is 16.0 Å². The van der Waals surface area contributed by atoms with Crippen molar-refractivity contribution >= 4 is 11.7 Å². The molecule has 1 aliphatic carbocycles. The van der Waals surface area contributed by atoms with Crippen LogP contribution in [0.4, 0.5) is 5.82 Å². The summed E-state index contributed by atoms with van der Waals surface area (Å²) in [6.45, 7) is 0. The van der Waals surface area contributed by atoms with Crippen LogP contribution in [0, 0.1) is 11.3 Å². The van der Waals surface area contributed by atoms with Gasteiger partial charge in [-0.05, 0) is 24.1 Å². The van der Waals surface area contributed by atoms with E-state index in [1.165, 1.54) is 0 Å². The molecular weight excluding hydrogens is 264 g/mol. The molecule has 0 N–H and O–H groups in total. The molecule has 0 aromatic carbocycles. The van der Waals surface area contributed by atoms with E-state index in [9.17, 15) is 4.79 Å². The lowest BCUT2D eigenvalue weighted by Crippen LogP contribution is -2.39. The molecule has 0 radical (unpaired) electrons. The summed E-state index contributed by atoms with van der Waals surface area (Å²) in [4.78, 5) is 23.1. The highest BCUT2D eigenvalue weighted by molar-refractivity contribution is 6.07. The predicted octanol–water partition coefficient (Wildman–Crippen LogP) is 1.36. The molecule has 1 spiro atoms. The normalized spacial score (nSPS) is 22.3. The second-order valence-electron chi connectivity index (χ2n) is 5.59. The van der Waals surface area contributed by atoms with Crippen molar-refractivity contribution in [3.63, 3.8) is 0 Å². The van der Waals surface area contributed by atoms with Crippen molar-refractivity contribution in [3.8, 4) is 6.07 Å². The van der Waals surface area contributed by atoms with Crippen molar-refractivity contribution in [2.45, 2.75) is 18.3 Å². The highest BCUT2D eigenvalue weighted by Gasteiger charge is 2.54. The van der Waals surface area contributed by atoms with Crippen molar-refractivity contribution in [2.75, 3.05) is 11.9 Å². The summed E-state index contributed by atoms with van der Waals surface area (Å²) in [6.07, 6.45) is 2.87. The molecule has 1 unspecified atom stereocenters. The third kappa shape index (κ3) is 1.42. The van der Waals surface area contributed by atoms with Gasteiger partial charge in [0, 0.05) is 30.9 Å². The second-order valence-corrected chi connectivity index (χ2v) is 5.59. The van der Waals surface area contributed by atoms with Gasteiger partial charge in [-0.3, -0.25) is 9.69 Å². The zero-order chi connectivity index (χ0) is 14.6. The maximum absolute atomic E-state index is 12.8. The molecule has 5 heteroatoms. The van der Waals surface area contributed by atoms with Gasteiger partial charge in [0.05, 0.1) is 5.41 Å². The van der Waals surface area contributed by atoms with Crippen LogP contribution in [0.1, 0.15) is 22.5 Å². The lowest BCUT2D eigenvalue weighted by atomic mass is 9.80. The first-order valence-corrected chi connectivity index (χ1v) is 6.78. The highest BCUT2D eigenvalue weighted by atomic mass is 16.2. The van der Waals surface area contributed by atoms with Crippen molar-refractivity contribution in [1.82, 2.24) is 9.97 Å². The molecule has 0 saturated heterocycles. The van der Waals surface area contributed by atoms with E-state index in [-0.39, 0.29) is 5.91 Å². The molecule has 1 amide bonds. The summed E-state index contributed by atoms with van der Waals surface area (Å²) in [7, 11) is 1.76. The summed E-state index contributed by atoms with van der Waals surface area (Å²) in [5.74, 6) is 0.795. The summed E-state index contributed by atoms with van der Waals surface area (Å²) < 4.78 is 0. The van der Waals surface area contributed by atoms with Gasteiger partial charge in [0.2, 0.25) is 5.91 Å². The van der Waals surface area contributed by atoms with E-state index < -0.39 is 5.41 Å². The lowest BCUT2D eigenvalue weighted by Gasteiger charge is -2.21. The molecule has 3 heterocycles. The lowest BCUT2D eigenvalue weighted by molar-refractivity contribution is -0.122.